The first kappa shape index (κ1) is 16.1. The molecule has 0 radical (unpaired) electrons. The summed E-state index contributed by atoms with van der Waals surface area (Å²) >= 11 is 1.76. The first-order valence-corrected chi connectivity index (χ1v) is 9.41. The summed E-state index contributed by atoms with van der Waals surface area (Å²) in [7, 11) is 0. The Morgan fingerprint density at radius 2 is 1.64 bits per heavy atom. The number of benzene rings is 2. The highest BCUT2D eigenvalue weighted by Crippen LogP contribution is 2.33. The molecule has 0 atom stereocenters. The lowest BCUT2D eigenvalue weighted by atomic mass is 10.1. The lowest BCUT2D eigenvalue weighted by Gasteiger charge is -2.34. The Bertz CT molecular complexity index is 872. The average molecular weight is 351 g/mol. The standard InChI is InChI=1S/C20H21N3OS/c1-14-8-9-15(2)18-17(14)21-20(25-18)23-12-10-22(11-13-23)19(24)16-6-4-3-5-7-16/h3-9H,10-13H2,1-2H3. The van der Waals surface area contributed by atoms with Gasteiger partial charge in [-0.05, 0) is 37.1 Å². The number of carbonyl (C=O) groups excluding carboxylic acids is 1. The summed E-state index contributed by atoms with van der Waals surface area (Å²) in [6, 6.07) is 13.8. The number of nitrogens with zero attached hydrogens (tertiary/aromatic N) is 3. The lowest BCUT2D eigenvalue weighted by molar-refractivity contribution is 0.0747. The van der Waals surface area contributed by atoms with Crippen LogP contribution >= 0.6 is 11.3 Å². The van der Waals surface area contributed by atoms with Gasteiger partial charge in [-0.1, -0.05) is 41.7 Å². The Labute approximate surface area is 151 Å². The number of thiazole rings is 1. The largest absolute Gasteiger partial charge is 0.345 e. The molecule has 1 amide bonds. The minimum Gasteiger partial charge on any atom is -0.345 e. The summed E-state index contributed by atoms with van der Waals surface area (Å²) in [6.45, 7) is 7.39. The number of aryl methyl sites for hydroxylation is 2. The SMILES string of the molecule is Cc1ccc(C)c2sc(N3CCN(C(=O)c4ccccc4)CC3)nc12. The van der Waals surface area contributed by atoms with Crippen LogP contribution in [0, 0.1) is 13.8 Å². The average Bonchev–Trinajstić information content (AvgIpc) is 3.12. The summed E-state index contributed by atoms with van der Waals surface area (Å²) in [5.74, 6) is 0.122. The van der Waals surface area contributed by atoms with E-state index in [0.717, 1.165) is 42.4 Å². The Hall–Kier alpha value is -2.40. The van der Waals surface area contributed by atoms with Crippen LogP contribution in [0.1, 0.15) is 21.5 Å². The molecule has 1 aliphatic rings. The van der Waals surface area contributed by atoms with Crippen molar-refractivity contribution in [2.75, 3.05) is 31.1 Å². The molecule has 0 unspecified atom stereocenters. The maximum atomic E-state index is 12.6. The fourth-order valence-electron chi connectivity index (χ4n) is 3.25. The van der Waals surface area contributed by atoms with Crippen LogP contribution in [-0.4, -0.2) is 42.0 Å². The molecule has 0 N–H and O–H groups in total. The third-order valence-electron chi connectivity index (χ3n) is 4.79. The van der Waals surface area contributed by atoms with Gasteiger partial charge in [-0.2, -0.15) is 0 Å². The van der Waals surface area contributed by atoms with Gasteiger partial charge in [0.2, 0.25) is 0 Å². The van der Waals surface area contributed by atoms with Crippen molar-refractivity contribution in [1.82, 2.24) is 9.88 Å². The molecule has 0 aliphatic carbocycles. The molecular weight excluding hydrogens is 330 g/mol. The molecule has 4 rings (SSSR count). The van der Waals surface area contributed by atoms with Crippen molar-refractivity contribution >= 4 is 32.6 Å². The molecule has 4 nitrogen and oxygen atoms in total. The van der Waals surface area contributed by atoms with Crippen molar-refractivity contribution in [3.63, 3.8) is 0 Å². The summed E-state index contributed by atoms with van der Waals surface area (Å²) in [5, 5.41) is 1.07. The van der Waals surface area contributed by atoms with E-state index in [-0.39, 0.29) is 5.91 Å². The van der Waals surface area contributed by atoms with Crippen molar-refractivity contribution in [2.45, 2.75) is 13.8 Å². The Morgan fingerprint density at radius 1 is 0.960 bits per heavy atom. The number of amides is 1. The van der Waals surface area contributed by atoms with E-state index in [4.69, 9.17) is 4.98 Å². The molecule has 3 aromatic rings. The molecule has 25 heavy (non-hydrogen) atoms. The van der Waals surface area contributed by atoms with E-state index in [9.17, 15) is 4.79 Å². The van der Waals surface area contributed by atoms with Crippen LogP contribution in [0.5, 0.6) is 0 Å². The molecule has 5 heteroatoms. The monoisotopic (exact) mass is 351 g/mol. The second-order valence-electron chi connectivity index (χ2n) is 6.52. The predicted molar refractivity (Wildman–Crippen MR) is 104 cm³/mol. The van der Waals surface area contributed by atoms with Crippen LogP contribution < -0.4 is 4.90 Å². The number of carbonyl (C=O) groups is 1. The highest BCUT2D eigenvalue weighted by molar-refractivity contribution is 7.22. The van der Waals surface area contributed by atoms with Crippen LogP contribution in [0.3, 0.4) is 0 Å². The molecule has 1 aliphatic heterocycles. The minimum absolute atomic E-state index is 0.122. The highest BCUT2D eigenvalue weighted by atomic mass is 32.1. The number of aromatic nitrogens is 1. The molecule has 1 aromatic heterocycles. The van der Waals surface area contributed by atoms with Gasteiger partial charge in [-0.15, -0.1) is 0 Å². The fraction of sp³-hybridized carbons (Fsp3) is 0.300. The van der Waals surface area contributed by atoms with Crippen LogP contribution in [-0.2, 0) is 0 Å². The molecular formula is C20H21N3OS. The van der Waals surface area contributed by atoms with Crippen LogP contribution in [0.15, 0.2) is 42.5 Å². The summed E-state index contributed by atoms with van der Waals surface area (Å²) in [4.78, 5) is 21.7. The topological polar surface area (TPSA) is 36.4 Å². The molecule has 1 fully saturated rings. The summed E-state index contributed by atoms with van der Waals surface area (Å²) in [5.41, 5.74) is 4.38. The maximum absolute atomic E-state index is 12.6. The van der Waals surface area contributed by atoms with Gasteiger partial charge in [0.05, 0.1) is 10.2 Å². The second kappa shape index (κ2) is 6.48. The Kier molecular flexibility index (Phi) is 4.17. The van der Waals surface area contributed by atoms with Gasteiger partial charge in [0.25, 0.3) is 5.91 Å². The van der Waals surface area contributed by atoms with Gasteiger partial charge in [0, 0.05) is 31.7 Å². The number of hydrogen-bond acceptors (Lipinski definition) is 4. The number of hydrogen-bond donors (Lipinski definition) is 0. The summed E-state index contributed by atoms with van der Waals surface area (Å²) < 4.78 is 1.28. The zero-order valence-electron chi connectivity index (χ0n) is 14.5. The molecule has 2 aromatic carbocycles. The molecule has 1 saturated heterocycles. The van der Waals surface area contributed by atoms with Gasteiger partial charge in [-0.25, -0.2) is 4.98 Å². The predicted octanol–water partition coefficient (Wildman–Crippen LogP) is 3.88. The van der Waals surface area contributed by atoms with Crippen molar-refractivity contribution in [2.24, 2.45) is 0 Å². The van der Waals surface area contributed by atoms with Gasteiger partial charge in [-0.3, -0.25) is 4.79 Å². The lowest BCUT2D eigenvalue weighted by Crippen LogP contribution is -2.48. The first-order valence-electron chi connectivity index (χ1n) is 8.59. The zero-order chi connectivity index (χ0) is 17.4. The van der Waals surface area contributed by atoms with Crippen molar-refractivity contribution in [3.05, 3.63) is 59.2 Å². The van der Waals surface area contributed by atoms with Crippen LogP contribution in [0.4, 0.5) is 5.13 Å². The highest BCUT2D eigenvalue weighted by Gasteiger charge is 2.24. The van der Waals surface area contributed by atoms with E-state index in [1.54, 1.807) is 11.3 Å². The van der Waals surface area contributed by atoms with E-state index < -0.39 is 0 Å². The Morgan fingerprint density at radius 3 is 2.32 bits per heavy atom. The number of fused-ring (bicyclic) bond motifs is 1. The minimum atomic E-state index is 0.122. The van der Waals surface area contributed by atoms with Gasteiger partial charge >= 0.3 is 0 Å². The van der Waals surface area contributed by atoms with Gasteiger partial charge in [0.15, 0.2) is 5.13 Å². The van der Waals surface area contributed by atoms with Crippen LogP contribution in [0.25, 0.3) is 10.2 Å². The van der Waals surface area contributed by atoms with E-state index in [1.807, 2.05) is 35.2 Å². The molecule has 0 spiro atoms. The molecule has 0 bridgehead atoms. The number of rotatable bonds is 2. The normalized spacial score (nSPS) is 15.0. The van der Waals surface area contributed by atoms with Gasteiger partial charge in [0.1, 0.15) is 0 Å². The van der Waals surface area contributed by atoms with E-state index in [1.165, 1.54) is 15.8 Å². The molecule has 128 valence electrons. The third-order valence-corrected chi connectivity index (χ3v) is 6.04. The Balaban J connectivity index is 1.50. The van der Waals surface area contributed by atoms with Crippen molar-refractivity contribution < 1.29 is 4.79 Å². The van der Waals surface area contributed by atoms with E-state index in [2.05, 4.69) is 30.9 Å². The van der Waals surface area contributed by atoms with E-state index >= 15 is 0 Å². The summed E-state index contributed by atoms with van der Waals surface area (Å²) in [6.07, 6.45) is 0. The fourth-order valence-corrected chi connectivity index (χ4v) is 4.41. The van der Waals surface area contributed by atoms with E-state index in [0.29, 0.717) is 0 Å². The molecule has 0 saturated carbocycles. The first-order chi connectivity index (χ1) is 12.1. The second-order valence-corrected chi connectivity index (χ2v) is 7.50. The zero-order valence-corrected chi connectivity index (χ0v) is 15.3. The number of anilines is 1. The smallest absolute Gasteiger partial charge is 0.253 e. The van der Waals surface area contributed by atoms with Crippen molar-refractivity contribution in [3.8, 4) is 0 Å². The van der Waals surface area contributed by atoms with Crippen molar-refractivity contribution in [1.29, 1.82) is 0 Å². The number of piperazine rings is 1. The van der Waals surface area contributed by atoms with Crippen LogP contribution in [0.2, 0.25) is 0 Å². The third kappa shape index (κ3) is 3.00. The van der Waals surface area contributed by atoms with Gasteiger partial charge < -0.3 is 9.80 Å². The quantitative estimate of drug-likeness (QED) is 0.703. The maximum Gasteiger partial charge on any atom is 0.253 e. The molecule has 2 heterocycles.